The normalized spacial score (nSPS) is 25.0. The van der Waals surface area contributed by atoms with Crippen molar-refractivity contribution in [3.8, 4) is 0 Å². The van der Waals surface area contributed by atoms with Crippen molar-refractivity contribution >= 4 is 29.9 Å². The van der Waals surface area contributed by atoms with Crippen LogP contribution in [0.5, 0.6) is 0 Å². The Hall–Kier alpha value is -0.770. The van der Waals surface area contributed by atoms with Gasteiger partial charge in [0.25, 0.3) is 0 Å². The van der Waals surface area contributed by atoms with Gasteiger partial charge in [-0.05, 0) is 42.9 Å². The van der Waals surface area contributed by atoms with Crippen LogP contribution < -0.4 is 5.73 Å². The van der Waals surface area contributed by atoms with Crippen LogP contribution in [0.4, 0.5) is 0 Å². The van der Waals surface area contributed by atoms with Crippen LogP contribution in [0.3, 0.4) is 0 Å². The summed E-state index contributed by atoms with van der Waals surface area (Å²) in [6.07, 6.45) is 3.63. The highest BCUT2D eigenvalue weighted by Crippen LogP contribution is 2.30. The number of carbonyl (C=O) groups excluding carboxylic acids is 1. The highest BCUT2D eigenvalue weighted by Gasteiger charge is 2.32. The lowest BCUT2D eigenvalue weighted by atomic mass is 9.97. The minimum atomic E-state index is 0. The third-order valence-electron chi connectivity index (χ3n) is 4.34. The molecule has 5 heteroatoms. The maximum atomic E-state index is 12.5. The van der Waals surface area contributed by atoms with E-state index in [1.165, 1.54) is 11.1 Å². The van der Waals surface area contributed by atoms with Crippen molar-refractivity contribution in [3.05, 3.63) is 34.3 Å². The number of fused-ring (bicyclic) bond motifs is 1. The number of benzene rings is 1. The maximum absolute atomic E-state index is 12.5. The molecule has 3 nitrogen and oxygen atoms in total. The fourth-order valence-corrected chi connectivity index (χ4v) is 3.54. The van der Waals surface area contributed by atoms with Gasteiger partial charge in [0, 0.05) is 30.1 Å². The summed E-state index contributed by atoms with van der Waals surface area (Å²) in [6, 6.07) is 6.16. The molecule has 2 atom stereocenters. The molecule has 1 heterocycles. The molecule has 1 aromatic carbocycles. The molecule has 0 radical (unpaired) electrons. The molecule has 1 aliphatic carbocycles. The highest BCUT2D eigenvalue weighted by molar-refractivity contribution is 6.31. The van der Waals surface area contributed by atoms with E-state index in [9.17, 15) is 4.79 Å². The average Bonchev–Trinajstić information content (AvgIpc) is 2.84. The van der Waals surface area contributed by atoms with Gasteiger partial charge in [-0.15, -0.1) is 12.4 Å². The van der Waals surface area contributed by atoms with Crippen LogP contribution in [0.1, 0.15) is 30.4 Å². The fraction of sp³-hybridized carbons (Fsp3) is 0.533. The van der Waals surface area contributed by atoms with Gasteiger partial charge in [0.05, 0.1) is 0 Å². The van der Waals surface area contributed by atoms with Crippen molar-refractivity contribution in [1.29, 1.82) is 0 Å². The van der Waals surface area contributed by atoms with E-state index in [1.54, 1.807) is 0 Å². The Morgan fingerprint density at radius 1 is 1.35 bits per heavy atom. The first kappa shape index (κ1) is 15.6. The molecule has 0 saturated heterocycles. The van der Waals surface area contributed by atoms with Gasteiger partial charge in [0.1, 0.15) is 0 Å². The van der Waals surface area contributed by atoms with Crippen molar-refractivity contribution < 1.29 is 4.79 Å². The van der Waals surface area contributed by atoms with Crippen LogP contribution in [0, 0.1) is 5.92 Å². The minimum absolute atomic E-state index is 0. The molecule has 3 rings (SSSR count). The largest absolute Gasteiger partial charge is 0.338 e. The van der Waals surface area contributed by atoms with Crippen LogP contribution in [0.25, 0.3) is 0 Å². The monoisotopic (exact) mass is 314 g/mol. The number of carbonyl (C=O) groups is 1. The topological polar surface area (TPSA) is 46.3 Å². The molecule has 20 heavy (non-hydrogen) atoms. The first-order valence-electron chi connectivity index (χ1n) is 6.96. The van der Waals surface area contributed by atoms with E-state index < -0.39 is 0 Å². The van der Waals surface area contributed by atoms with Crippen LogP contribution in [0.2, 0.25) is 5.02 Å². The second-order valence-corrected chi connectivity index (χ2v) is 6.06. The lowest BCUT2D eigenvalue weighted by molar-refractivity contribution is -0.136. The summed E-state index contributed by atoms with van der Waals surface area (Å²) in [7, 11) is 0. The molecular formula is C15H20Cl2N2O. The molecule has 0 spiro atoms. The van der Waals surface area contributed by atoms with Gasteiger partial charge in [-0.1, -0.05) is 23.7 Å². The zero-order chi connectivity index (χ0) is 13.4. The summed E-state index contributed by atoms with van der Waals surface area (Å²) in [5, 5.41) is 0.826. The first-order valence-corrected chi connectivity index (χ1v) is 7.33. The lowest BCUT2D eigenvalue weighted by Crippen LogP contribution is -2.39. The molecule has 1 amide bonds. The number of amides is 1. The Morgan fingerprint density at radius 2 is 2.15 bits per heavy atom. The number of nitrogens with zero attached hydrogens (tertiary/aromatic N) is 1. The highest BCUT2D eigenvalue weighted by atomic mass is 35.5. The Morgan fingerprint density at radius 3 is 2.85 bits per heavy atom. The zero-order valence-electron chi connectivity index (χ0n) is 11.3. The second-order valence-electron chi connectivity index (χ2n) is 5.66. The number of nitrogens with two attached hydrogens (primary N) is 1. The smallest absolute Gasteiger partial charge is 0.226 e. The van der Waals surface area contributed by atoms with Gasteiger partial charge in [0.15, 0.2) is 0 Å². The van der Waals surface area contributed by atoms with E-state index in [0.717, 1.165) is 37.3 Å². The Bertz CT molecular complexity index is 507. The predicted octanol–water partition coefficient (Wildman–Crippen LogP) is 2.77. The predicted molar refractivity (Wildman–Crippen MR) is 83.1 cm³/mol. The van der Waals surface area contributed by atoms with E-state index in [0.29, 0.717) is 6.54 Å². The van der Waals surface area contributed by atoms with Crippen LogP contribution >= 0.6 is 24.0 Å². The van der Waals surface area contributed by atoms with Gasteiger partial charge >= 0.3 is 0 Å². The van der Waals surface area contributed by atoms with Gasteiger partial charge in [-0.25, -0.2) is 0 Å². The molecule has 1 aromatic rings. The van der Waals surface area contributed by atoms with E-state index in [2.05, 4.69) is 6.07 Å². The van der Waals surface area contributed by atoms with Crippen molar-refractivity contribution in [1.82, 2.24) is 4.90 Å². The van der Waals surface area contributed by atoms with Gasteiger partial charge < -0.3 is 10.6 Å². The average molecular weight is 315 g/mol. The van der Waals surface area contributed by atoms with E-state index >= 15 is 0 Å². The Balaban J connectivity index is 0.00000147. The summed E-state index contributed by atoms with van der Waals surface area (Å²) in [5.41, 5.74) is 8.29. The molecule has 1 saturated carbocycles. The number of halogens is 2. The first-order chi connectivity index (χ1) is 9.15. The third kappa shape index (κ3) is 2.95. The molecule has 2 N–H and O–H groups in total. The number of hydrogen-bond donors (Lipinski definition) is 1. The molecule has 1 aliphatic heterocycles. The molecule has 2 aliphatic rings. The van der Waals surface area contributed by atoms with E-state index in [4.69, 9.17) is 17.3 Å². The zero-order valence-corrected chi connectivity index (χ0v) is 12.9. The van der Waals surface area contributed by atoms with Crippen molar-refractivity contribution in [2.45, 2.75) is 38.3 Å². The Kier molecular flexibility index (Phi) is 4.95. The maximum Gasteiger partial charge on any atom is 0.226 e. The fourth-order valence-electron chi connectivity index (χ4n) is 3.25. The van der Waals surface area contributed by atoms with Crippen molar-refractivity contribution in [3.63, 3.8) is 0 Å². The van der Waals surface area contributed by atoms with Crippen molar-refractivity contribution in [2.24, 2.45) is 11.7 Å². The second kappa shape index (κ2) is 6.33. The quantitative estimate of drug-likeness (QED) is 0.866. The van der Waals surface area contributed by atoms with Gasteiger partial charge in [0.2, 0.25) is 5.91 Å². The molecule has 0 bridgehead atoms. The van der Waals surface area contributed by atoms with Crippen LogP contribution in [-0.2, 0) is 17.8 Å². The summed E-state index contributed by atoms with van der Waals surface area (Å²) in [5.74, 6) is 0.411. The standard InChI is InChI=1S/C15H19ClN2O.ClH/c16-14-3-1-2-11-9-18(7-6-13(11)14)15(19)10-4-5-12(17)8-10;/h1-3,10,12H,4-9,17H2;1H. The van der Waals surface area contributed by atoms with Crippen LogP contribution in [0.15, 0.2) is 18.2 Å². The molecule has 1 fully saturated rings. The number of rotatable bonds is 1. The lowest BCUT2D eigenvalue weighted by Gasteiger charge is -2.31. The summed E-state index contributed by atoms with van der Waals surface area (Å²) < 4.78 is 0. The molecular weight excluding hydrogens is 295 g/mol. The van der Waals surface area contributed by atoms with E-state index in [1.807, 2.05) is 17.0 Å². The Labute approximate surface area is 130 Å². The SMILES string of the molecule is Cl.NC1CCC(C(=O)N2CCc3c(Cl)cccc3C2)C1. The molecule has 0 aromatic heterocycles. The summed E-state index contributed by atoms with van der Waals surface area (Å²) in [4.78, 5) is 14.5. The third-order valence-corrected chi connectivity index (χ3v) is 4.70. The van der Waals surface area contributed by atoms with Gasteiger partial charge in [-0.2, -0.15) is 0 Å². The van der Waals surface area contributed by atoms with Crippen molar-refractivity contribution in [2.75, 3.05) is 6.54 Å². The number of hydrogen-bond acceptors (Lipinski definition) is 2. The summed E-state index contributed by atoms with van der Waals surface area (Å²) >= 11 is 6.20. The van der Waals surface area contributed by atoms with Crippen LogP contribution in [-0.4, -0.2) is 23.4 Å². The van der Waals surface area contributed by atoms with Gasteiger partial charge in [-0.3, -0.25) is 4.79 Å². The minimum Gasteiger partial charge on any atom is -0.338 e. The summed E-state index contributed by atoms with van der Waals surface area (Å²) in [6.45, 7) is 1.47. The molecule has 2 unspecified atom stereocenters. The van der Waals surface area contributed by atoms with E-state index in [-0.39, 0.29) is 30.3 Å². The molecule has 110 valence electrons.